The fraction of sp³-hybridized carbons (Fsp3) is 0.938. The number of rotatable bonds is 12. The molecule has 3 nitrogen and oxygen atoms in total. The second-order valence-electron chi connectivity index (χ2n) is 5.78. The number of amides is 1. The van der Waals surface area contributed by atoms with Crippen LogP contribution in [0.4, 0.5) is 0 Å². The molecule has 0 aliphatic carbocycles. The molecule has 0 saturated heterocycles. The van der Waals surface area contributed by atoms with Crippen LogP contribution in [-0.4, -0.2) is 38.0 Å². The van der Waals surface area contributed by atoms with Gasteiger partial charge in [0.2, 0.25) is 5.91 Å². The topological polar surface area (TPSA) is 32.3 Å². The first-order valence-electron chi connectivity index (χ1n) is 8.04. The molecule has 1 N–H and O–H groups in total. The highest BCUT2D eigenvalue weighted by atomic mass is 16.1. The fourth-order valence-electron chi connectivity index (χ4n) is 2.22. The first-order chi connectivity index (χ1) is 9.11. The summed E-state index contributed by atoms with van der Waals surface area (Å²) in [5.74, 6) is 0.505. The van der Waals surface area contributed by atoms with Crippen molar-refractivity contribution in [2.45, 2.75) is 65.2 Å². The van der Waals surface area contributed by atoms with E-state index in [-0.39, 0.29) is 11.8 Å². The van der Waals surface area contributed by atoms with Gasteiger partial charge in [-0.25, -0.2) is 0 Å². The number of likely N-dealkylation sites (N-methyl/N-ethyl adjacent to an activating group) is 1. The molecule has 114 valence electrons. The Labute approximate surface area is 120 Å². The van der Waals surface area contributed by atoms with E-state index >= 15 is 0 Å². The van der Waals surface area contributed by atoms with Gasteiger partial charge in [-0.1, -0.05) is 52.4 Å². The maximum Gasteiger partial charge on any atom is 0.223 e. The number of nitrogens with one attached hydrogen (secondary N) is 1. The summed E-state index contributed by atoms with van der Waals surface area (Å²) in [5, 5.41) is 3.08. The van der Waals surface area contributed by atoms with Crippen LogP contribution in [0.1, 0.15) is 65.2 Å². The molecular formula is C16H34N2O. The molecule has 0 aromatic heterocycles. The number of hydrogen-bond acceptors (Lipinski definition) is 2. The Kier molecular flexibility index (Phi) is 12.1. The van der Waals surface area contributed by atoms with E-state index in [9.17, 15) is 4.79 Å². The molecule has 0 spiro atoms. The molecule has 0 fully saturated rings. The van der Waals surface area contributed by atoms with Crippen molar-refractivity contribution >= 4 is 5.91 Å². The van der Waals surface area contributed by atoms with Crippen molar-refractivity contribution in [3.8, 4) is 0 Å². The molecule has 0 saturated carbocycles. The third-order valence-corrected chi connectivity index (χ3v) is 3.54. The van der Waals surface area contributed by atoms with Crippen LogP contribution in [-0.2, 0) is 4.79 Å². The van der Waals surface area contributed by atoms with Gasteiger partial charge >= 0.3 is 0 Å². The number of carbonyl (C=O) groups is 1. The summed E-state index contributed by atoms with van der Waals surface area (Å²) in [6, 6.07) is 0. The highest BCUT2D eigenvalue weighted by molar-refractivity contribution is 5.78. The summed E-state index contributed by atoms with van der Waals surface area (Å²) in [6.45, 7) is 6.10. The van der Waals surface area contributed by atoms with Gasteiger partial charge in [-0.15, -0.1) is 0 Å². The lowest BCUT2D eigenvalue weighted by Gasteiger charge is -2.17. The van der Waals surface area contributed by atoms with E-state index in [1.54, 1.807) is 0 Å². The summed E-state index contributed by atoms with van der Waals surface area (Å²) in [4.78, 5) is 14.3. The van der Waals surface area contributed by atoms with E-state index in [0.717, 1.165) is 25.9 Å². The SMILES string of the molecule is CCCCCCC(CCCC)C(=O)NCCN(C)C. The molecule has 0 aromatic carbocycles. The van der Waals surface area contributed by atoms with Gasteiger partial charge in [-0.3, -0.25) is 4.79 Å². The molecule has 1 atom stereocenters. The first kappa shape index (κ1) is 18.4. The van der Waals surface area contributed by atoms with Crippen molar-refractivity contribution in [2.24, 2.45) is 5.92 Å². The largest absolute Gasteiger partial charge is 0.355 e. The van der Waals surface area contributed by atoms with Gasteiger partial charge in [0.05, 0.1) is 0 Å². The molecule has 0 rings (SSSR count). The molecule has 0 heterocycles. The minimum absolute atomic E-state index is 0.235. The summed E-state index contributed by atoms with van der Waals surface area (Å²) < 4.78 is 0. The van der Waals surface area contributed by atoms with E-state index in [1.807, 2.05) is 14.1 Å². The summed E-state index contributed by atoms with van der Waals surface area (Å²) in [7, 11) is 4.07. The monoisotopic (exact) mass is 270 g/mol. The van der Waals surface area contributed by atoms with E-state index in [0.29, 0.717) is 0 Å². The number of nitrogens with zero attached hydrogens (tertiary/aromatic N) is 1. The maximum absolute atomic E-state index is 12.2. The Balaban J connectivity index is 3.96. The molecule has 0 aliphatic heterocycles. The molecule has 1 amide bonds. The Morgan fingerprint density at radius 1 is 1.00 bits per heavy atom. The number of hydrogen-bond donors (Lipinski definition) is 1. The predicted molar refractivity (Wildman–Crippen MR) is 83.3 cm³/mol. The first-order valence-corrected chi connectivity index (χ1v) is 8.04. The molecular weight excluding hydrogens is 236 g/mol. The van der Waals surface area contributed by atoms with E-state index in [4.69, 9.17) is 0 Å². The third kappa shape index (κ3) is 11.0. The summed E-state index contributed by atoms with van der Waals surface area (Å²) in [6.07, 6.45) is 9.48. The Morgan fingerprint density at radius 3 is 2.21 bits per heavy atom. The van der Waals surface area contributed by atoms with Gasteiger partial charge in [-0.05, 0) is 26.9 Å². The van der Waals surface area contributed by atoms with Crippen LogP contribution in [0.2, 0.25) is 0 Å². The molecule has 0 aliphatic rings. The van der Waals surface area contributed by atoms with Gasteiger partial charge in [0.1, 0.15) is 0 Å². The lowest BCUT2D eigenvalue weighted by Crippen LogP contribution is -2.35. The normalized spacial score (nSPS) is 12.7. The second kappa shape index (κ2) is 12.5. The summed E-state index contributed by atoms with van der Waals surface area (Å²) >= 11 is 0. The number of unbranched alkanes of at least 4 members (excludes halogenated alkanes) is 4. The van der Waals surface area contributed by atoms with Crippen molar-refractivity contribution in [2.75, 3.05) is 27.2 Å². The maximum atomic E-state index is 12.2. The molecule has 1 unspecified atom stereocenters. The van der Waals surface area contributed by atoms with E-state index in [2.05, 4.69) is 24.1 Å². The van der Waals surface area contributed by atoms with Gasteiger partial charge in [0, 0.05) is 19.0 Å². The van der Waals surface area contributed by atoms with Gasteiger partial charge in [-0.2, -0.15) is 0 Å². The number of carbonyl (C=O) groups excluding carboxylic acids is 1. The second-order valence-corrected chi connectivity index (χ2v) is 5.78. The average Bonchev–Trinajstić information content (AvgIpc) is 2.37. The predicted octanol–water partition coefficient (Wildman–Crippen LogP) is 3.44. The van der Waals surface area contributed by atoms with Crippen LogP contribution < -0.4 is 5.32 Å². The molecule has 19 heavy (non-hydrogen) atoms. The van der Waals surface area contributed by atoms with Crippen molar-refractivity contribution in [1.82, 2.24) is 10.2 Å². The zero-order valence-electron chi connectivity index (χ0n) is 13.5. The van der Waals surface area contributed by atoms with Crippen molar-refractivity contribution in [3.63, 3.8) is 0 Å². The Hall–Kier alpha value is -0.570. The highest BCUT2D eigenvalue weighted by Crippen LogP contribution is 2.17. The lowest BCUT2D eigenvalue weighted by molar-refractivity contribution is -0.125. The zero-order chi connectivity index (χ0) is 14.5. The van der Waals surface area contributed by atoms with E-state index < -0.39 is 0 Å². The zero-order valence-corrected chi connectivity index (χ0v) is 13.5. The smallest absolute Gasteiger partial charge is 0.223 e. The fourth-order valence-corrected chi connectivity index (χ4v) is 2.22. The molecule has 0 aromatic rings. The minimum Gasteiger partial charge on any atom is -0.355 e. The van der Waals surface area contributed by atoms with Crippen LogP contribution in [0, 0.1) is 5.92 Å². The quantitative estimate of drug-likeness (QED) is 0.551. The van der Waals surface area contributed by atoms with Crippen molar-refractivity contribution in [1.29, 1.82) is 0 Å². The van der Waals surface area contributed by atoms with Crippen LogP contribution >= 0.6 is 0 Å². The molecule has 0 bridgehead atoms. The standard InChI is InChI=1S/C16H34N2O/c1-5-7-9-10-12-15(11-8-6-2)16(19)17-13-14-18(3)4/h15H,5-14H2,1-4H3,(H,17,19). The van der Waals surface area contributed by atoms with Crippen molar-refractivity contribution < 1.29 is 4.79 Å². The third-order valence-electron chi connectivity index (χ3n) is 3.54. The van der Waals surface area contributed by atoms with Crippen molar-refractivity contribution in [3.05, 3.63) is 0 Å². The summed E-state index contributed by atoms with van der Waals surface area (Å²) in [5.41, 5.74) is 0. The van der Waals surface area contributed by atoms with Gasteiger partial charge in [0.25, 0.3) is 0 Å². The van der Waals surface area contributed by atoms with Gasteiger partial charge < -0.3 is 10.2 Å². The van der Waals surface area contributed by atoms with Gasteiger partial charge in [0.15, 0.2) is 0 Å². The molecule has 0 radical (unpaired) electrons. The van der Waals surface area contributed by atoms with Crippen LogP contribution in [0.15, 0.2) is 0 Å². The average molecular weight is 270 g/mol. The Morgan fingerprint density at radius 2 is 1.63 bits per heavy atom. The van der Waals surface area contributed by atoms with Crippen LogP contribution in [0.3, 0.4) is 0 Å². The lowest BCUT2D eigenvalue weighted by atomic mass is 9.94. The minimum atomic E-state index is 0.235. The molecule has 3 heteroatoms. The highest BCUT2D eigenvalue weighted by Gasteiger charge is 2.16. The Bertz CT molecular complexity index is 217. The van der Waals surface area contributed by atoms with Crippen LogP contribution in [0.5, 0.6) is 0 Å². The van der Waals surface area contributed by atoms with Crippen LogP contribution in [0.25, 0.3) is 0 Å². The van der Waals surface area contributed by atoms with E-state index in [1.165, 1.54) is 38.5 Å².